The van der Waals surface area contributed by atoms with Crippen molar-refractivity contribution in [3.8, 4) is 11.4 Å². The van der Waals surface area contributed by atoms with Crippen molar-refractivity contribution in [1.29, 1.82) is 0 Å². The van der Waals surface area contributed by atoms with Gasteiger partial charge in [-0.2, -0.15) is 13.2 Å². The summed E-state index contributed by atoms with van der Waals surface area (Å²) in [5.74, 6) is 0.692. The smallest absolute Gasteiger partial charge is 0.324 e. The number of aromatic nitrogens is 2. The zero-order chi connectivity index (χ0) is 15.9. The minimum Gasteiger partial charge on any atom is -0.324 e. The maximum atomic E-state index is 12.8. The molecular formula is C17H15F3N2. The van der Waals surface area contributed by atoms with Gasteiger partial charge in [0, 0.05) is 12.1 Å². The Bertz CT molecular complexity index is 814. The molecule has 0 fully saturated rings. The topological polar surface area (TPSA) is 17.8 Å². The summed E-state index contributed by atoms with van der Waals surface area (Å²) in [6, 6.07) is 11.5. The fourth-order valence-corrected chi connectivity index (χ4v) is 2.55. The highest BCUT2D eigenvalue weighted by Gasteiger charge is 2.31. The van der Waals surface area contributed by atoms with Crippen LogP contribution in [0.15, 0.2) is 42.5 Å². The molecule has 3 aromatic rings. The Morgan fingerprint density at radius 1 is 1.05 bits per heavy atom. The number of imidazole rings is 1. The van der Waals surface area contributed by atoms with Crippen molar-refractivity contribution in [3.05, 3.63) is 53.6 Å². The molecule has 0 spiro atoms. The van der Waals surface area contributed by atoms with Gasteiger partial charge in [0.05, 0.1) is 16.6 Å². The van der Waals surface area contributed by atoms with Crippen LogP contribution in [0, 0.1) is 6.92 Å². The summed E-state index contributed by atoms with van der Waals surface area (Å²) in [5.41, 5.74) is 2.44. The third kappa shape index (κ3) is 2.47. The van der Waals surface area contributed by atoms with Gasteiger partial charge in [0.1, 0.15) is 5.82 Å². The molecule has 1 heterocycles. The summed E-state index contributed by atoms with van der Waals surface area (Å²) < 4.78 is 40.4. The molecule has 0 saturated carbocycles. The van der Waals surface area contributed by atoms with Gasteiger partial charge >= 0.3 is 6.18 Å². The largest absolute Gasteiger partial charge is 0.416 e. The molecule has 2 nitrogen and oxygen atoms in total. The van der Waals surface area contributed by atoms with Crippen molar-refractivity contribution in [2.24, 2.45) is 0 Å². The van der Waals surface area contributed by atoms with Crippen LogP contribution in [0.4, 0.5) is 13.2 Å². The molecule has 22 heavy (non-hydrogen) atoms. The molecule has 0 aliphatic heterocycles. The van der Waals surface area contributed by atoms with Gasteiger partial charge in [0.25, 0.3) is 0 Å². The van der Waals surface area contributed by atoms with Gasteiger partial charge in [-0.25, -0.2) is 4.98 Å². The predicted molar refractivity (Wildman–Crippen MR) is 80.6 cm³/mol. The number of alkyl halides is 3. The van der Waals surface area contributed by atoms with Crippen molar-refractivity contribution in [2.45, 2.75) is 26.6 Å². The number of hydrogen-bond acceptors (Lipinski definition) is 1. The third-order valence-electron chi connectivity index (χ3n) is 3.70. The van der Waals surface area contributed by atoms with Gasteiger partial charge in [0.15, 0.2) is 0 Å². The number of halogens is 3. The first-order valence-corrected chi connectivity index (χ1v) is 7.04. The Morgan fingerprint density at radius 2 is 1.73 bits per heavy atom. The second-order valence-corrected chi connectivity index (χ2v) is 5.25. The van der Waals surface area contributed by atoms with Gasteiger partial charge < -0.3 is 4.57 Å². The molecule has 0 aliphatic carbocycles. The van der Waals surface area contributed by atoms with Gasteiger partial charge in [-0.15, -0.1) is 0 Å². The standard InChI is InChI=1S/C17H15F3N2/c1-3-22-15-9-8-13(17(18,19)20)10-14(15)21-16(22)12-6-4-11(2)5-7-12/h4-10H,3H2,1-2H3. The first kappa shape index (κ1) is 14.6. The molecule has 3 rings (SSSR count). The van der Waals surface area contributed by atoms with Gasteiger partial charge in [0.2, 0.25) is 0 Å². The zero-order valence-corrected chi connectivity index (χ0v) is 12.3. The van der Waals surface area contributed by atoms with E-state index < -0.39 is 11.7 Å². The van der Waals surface area contributed by atoms with E-state index in [1.54, 1.807) is 0 Å². The Labute approximate surface area is 126 Å². The molecule has 0 bridgehead atoms. The summed E-state index contributed by atoms with van der Waals surface area (Å²) in [7, 11) is 0. The lowest BCUT2D eigenvalue weighted by Gasteiger charge is -2.07. The molecule has 1 aromatic heterocycles. The highest BCUT2D eigenvalue weighted by Crippen LogP contribution is 2.33. The molecular weight excluding hydrogens is 289 g/mol. The number of nitrogens with zero attached hydrogens (tertiary/aromatic N) is 2. The molecule has 0 aliphatic rings. The summed E-state index contributed by atoms with van der Waals surface area (Å²) in [5, 5.41) is 0. The van der Waals surface area contributed by atoms with Crippen LogP contribution < -0.4 is 0 Å². The molecule has 2 aromatic carbocycles. The fourth-order valence-electron chi connectivity index (χ4n) is 2.55. The van der Waals surface area contributed by atoms with E-state index >= 15 is 0 Å². The Hall–Kier alpha value is -2.30. The zero-order valence-electron chi connectivity index (χ0n) is 12.3. The van der Waals surface area contributed by atoms with E-state index in [0.717, 1.165) is 23.3 Å². The lowest BCUT2D eigenvalue weighted by atomic mass is 10.1. The van der Waals surface area contributed by atoms with Crippen LogP contribution in [-0.4, -0.2) is 9.55 Å². The average molecular weight is 304 g/mol. The van der Waals surface area contributed by atoms with Crippen LogP contribution in [-0.2, 0) is 12.7 Å². The second-order valence-electron chi connectivity index (χ2n) is 5.25. The Morgan fingerprint density at radius 3 is 2.32 bits per heavy atom. The molecule has 0 saturated heterocycles. The van der Waals surface area contributed by atoms with Crippen LogP contribution in [0.1, 0.15) is 18.1 Å². The van der Waals surface area contributed by atoms with Crippen LogP contribution in [0.25, 0.3) is 22.4 Å². The van der Waals surface area contributed by atoms with Crippen molar-refractivity contribution >= 4 is 11.0 Å². The van der Waals surface area contributed by atoms with Crippen LogP contribution in [0.5, 0.6) is 0 Å². The summed E-state index contributed by atoms with van der Waals surface area (Å²) in [6.07, 6.45) is -4.35. The molecule has 0 amide bonds. The maximum Gasteiger partial charge on any atom is 0.416 e. The lowest BCUT2D eigenvalue weighted by Crippen LogP contribution is -2.04. The van der Waals surface area contributed by atoms with E-state index in [9.17, 15) is 13.2 Å². The highest BCUT2D eigenvalue weighted by molar-refractivity contribution is 5.81. The average Bonchev–Trinajstić information content (AvgIpc) is 2.84. The van der Waals surface area contributed by atoms with Crippen molar-refractivity contribution < 1.29 is 13.2 Å². The SMILES string of the molecule is CCn1c(-c2ccc(C)cc2)nc2cc(C(F)(F)F)ccc21. The number of rotatable bonds is 2. The van der Waals surface area contributed by atoms with Crippen LogP contribution in [0.2, 0.25) is 0 Å². The number of aryl methyl sites for hydroxylation is 2. The van der Waals surface area contributed by atoms with Crippen molar-refractivity contribution in [3.63, 3.8) is 0 Å². The molecule has 0 atom stereocenters. The first-order chi connectivity index (χ1) is 10.4. The van der Waals surface area contributed by atoms with E-state index in [4.69, 9.17) is 0 Å². The molecule has 114 valence electrons. The summed E-state index contributed by atoms with van der Waals surface area (Å²) >= 11 is 0. The number of benzene rings is 2. The predicted octanol–water partition coefficient (Wildman–Crippen LogP) is 5.05. The second kappa shape index (κ2) is 5.16. The minimum atomic E-state index is -4.35. The number of fused-ring (bicyclic) bond motifs is 1. The van der Waals surface area contributed by atoms with Gasteiger partial charge in [-0.1, -0.05) is 29.8 Å². The van der Waals surface area contributed by atoms with E-state index in [1.807, 2.05) is 42.7 Å². The van der Waals surface area contributed by atoms with Crippen molar-refractivity contribution in [2.75, 3.05) is 0 Å². The third-order valence-corrected chi connectivity index (χ3v) is 3.70. The van der Waals surface area contributed by atoms with E-state index in [2.05, 4.69) is 4.98 Å². The van der Waals surface area contributed by atoms with E-state index in [0.29, 0.717) is 23.4 Å². The quantitative estimate of drug-likeness (QED) is 0.648. The van der Waals surface area contributed by atoms with Crippen molar-refractivity contribution in [1.82, 2.24) is 9.55 Å². The summed E-state index contributed by atoms with van der Waals surface area (Å²) in [6.45, 7) is 4.59. The Kier molecular flexibility index (Phi) is 3.43. The van der Waals surface area contributed by atoms with Gasteiger partial charge in [-0.3, -0.25) is 0 Å². The van der Waals surface area contributed by atoms with Gasteiger partial charge in [-0.05, 0) is 32.0 Å². The number of hydrogen-bond donors (Lipinski definition) is 0. The van der Waals surface area contributed by atoms with E-state index in [-0.39, 0.29) is 0 Å². The minimum absolute atomic E-state index is 0.368. The van der Waals surface area contributed by atoms with Crippen LogP contribution >= 0.6 is 0 Å². The summed E-state index contributed by atoms with van der Waals surface area (Å²) in [4.78, 5) is 4.42. The lowest BCUT2D eigenvalue weighted by molar-refractivity contribution is -0.137. The van der Waals surface area contributed by atoms with Crippen LogP contribution in [0.3, 0.4) is 0 Å². The maximum absolute atomic E-state index is 12.8. The normalized spacial score (nSPS) is 12.0. The fraction of sp³-hybridized carbons (Fsp3) is 0.235. The molecule has 5 heteroatoms. The first-order valence-electron chi connectivity index (χ1n) is 7.04. The molecule has 0 N–H and O–H groups in total. The molecule has 0 unspecified atom stereocenters. The monoisotopic (exact) mass is 304 g/mol. The van der Waals surface area contributed by atoms with E-state index in [1.165, 1.54) is 6.07 Å². The molecule has 0 radical (unpaired) electrons. The Balaban J connectivity index is 2.20. The highest BCUT2D eigenvalue weighted by atomic mass is 19.4.